The zero-order valence-corrected chi connectivity index (χ0v) is 14.1. The lowest BCUT2D eigenvalue weighted by molar-refractivity contribution is 0.892. The van der Waals surface area contributed by atoms with Gasteiger partial charge in [0.2, 0.25) is 0 Å². The second kappa shape index (κ2) is 5.45. The third-order valence-electron chi connectivity index (χ3n) is 4.95. The van der Waals surface area contributed by atoms with Crippen LogP contribution in [0.5, 0.6) is 0 Å². The first-order valence-electron chi connectivity index (χ1n) is 8.64. The molecule has 0 amide bonds. The third kappa shape index (κ3) is 2.22. The highest BCUT2D eigenvalue weighted by Crippen LogP contribution is 2.42. The molecule has 2 nitrogen and oxygen atoms in total. The van der Waals surface area contributed by atoms with Crippen molar-refractivity contribution in [3.8, 4) is 28.2 Å². The van der Waals surface area contributed by atoms with Crippen LogP contribution in [0.2, 0.25) is 0 Å². The molecule has 0 N–H and O–H groups in total. The summed E-state index contributed by atoms with van der Waals surface area (Å²) in [5.74, 6) is 0. The molecule has 0 radical (unpaired) electrons. The van der Waals surface area contributed by atoms with Gasteiger partial charge < -0.3 is 0 Å². The largest absolute Gasteiger partial charge is 0.232 e. The smallest absolute Gasteiger partial charge is 0.0969 e. The SMILES string of the molecule is Cc1ccc(-c2nn(-c3ccccc3)c3c2Cc2ccccc2-3)cc1. The Morgan fingerprint density at radius 1 is 0.800 bits per heavy atom. The molecule has 1 aromatic heterocycles. The molecule has 0 saturated heterocycles. The Labute approximate surface area is 147 Å². The van der Waals surface area contributed by atoms with E-state index < -0.39 is 0 Å². The van der Waals surface area contributed by atoms with Crippen LogP contribution in [0.3, 0.4) is 0 Å². The van der Waals surface area contributed by atoms with Crippen LogP contribution in [-0.4, -0.2) is 9.78 Å². The van der Waals surface area contributed by atoms with Gasteiger partial charge in [-0.2, -0.15) is 5.10 Å². The predicted octanol–water partition coefficient (Wildman–Crippen LogP) is 5.42. The van der Waals surface area contributed by atoms with Gasteiger partial charge in [-0.1, -0.05) is 72.3 Å². The standard InChI is InChI=1S/C23H18N2/c1-16-11-13-17(14-12-16)22-21-15-18-7-5-6-10-20(18)23(21)25(24-22)19-8-3-2-4-9-19/h2-14H,15H2,1H3. The van der Waals surface area contributed by atoms with Crippen LogP contribution in [0.1, 0.15) is 16.7 Å². The quantitative estimate of drug-likeness (QED) is 0.424. The van der Waals surface area contributed by atoms with Crippen LogP contribution >= 0.6 is 0 Å². The van der Waals surface area contributed by atoms with Gasteiger partial charge in [0.25, 0.3) is 0 Å². The zero-order chi connectivity index (χ0) is 16.8. The molecule has 2 heteroatoms. The monoisotopic (exact) mass is 322 g/mol. The minimum atomic E-state index is 0.946. The van der Waals surface area contributed by atoms with E-state index >= 15 is 0 Å². The summed E-state index contributed by atoms with van der Waals surface area (Å²) in [6.07, 6.45) is 0.946. The summed E-state index contributed by atoms with van der Waals surface area (Å²) in [4.78, 5) is 0. The summed E-state index contributed by atoms with van der Waals surface area (Å²) in [5, 5.41) is 5.02. The van der Waals surface area contributed by atoms with Crippen LogP contribution in [0, 0.1) is 6.92 Å². The molecular weight excluding hydrogens is 304 g/mol. The van der Waals surface area contributed by atoms with E-state index in [1.54, 1.807) is 0 Å². The van der Waals surface area contributed by atoms with Crippen LogP contribution < -0.4 is 0 Å². The topological polar surface area (TPSA) is 17.8 Å². The first kappa shape index (κ1) is 14.2. The summed E-state index contributed by atoms with van der Waals surface area (Å²) < 4.78 is 2.11. The highest BCUT2D eigenvalue weighted by atomic mass is 15.3. The normalized spacial score (nSPS) is 12.0. The fourth-order valence-electron chi connectivity index (χ4n) is 3.69. The Morgan fingerprint density at radius 3 is 2.32 bits per heavy atom. The average molecular weight is 322 g/mol. The lowest BCUT2D eigenvalue weighted by Gasteiger charge is -2.07. The number of nitrogens with zero attached hydrogens (tertiary/aromatic N) is 2. The molecule has 4 aromatic rings. The Bertz CT molecular complexity index is 1060. The summed E-state index contributed by atoms with van der Waals surface area (Å²) in [7, 11) is 0. The molecule has 5 rings (SSSR count). The van der Waals surface area contributed by atoms with Crippen molar-refractivity contribution in [1.29, 1.82) is 0 Å². The van der Waals surface area contributed by atoms with Crippen LogP contribution in [0.25, 0.3) is 28.2 Å². The van der Waals surface area contributed by atoms with Gasteiger partial charge in [0.05, 0.1) is 17.1 Å². The van der Waals surface area contributed by atoms with Crippen LogP contribution in [0.4, 0.5) is 0 Å². The first-order chi connectivity index (χ1) is 12.3. The molecule has 0 atom stereocenters. The molecule has 1 aliphatic rings. The molecule has 25 heavy (non-hydrogen) atoms. The number of para-hydroxylation sites is 1. The van der Waals surface area contributed by atoms with Gasteiger partial charge in [0.15, 0.2) is 0 Å². The van der Waals surface area contributed by atoms with E-state index in [0.717, 1.165) is 17.8 Å². The van der Waals surface area contributed by atoms with Crippen molar-refractivity contribution in [3.63, 3.8) is 0 Å². The number of aromatic nitrogens is 2. The van der Waals surface area contributed by atoms with E-state index in [2.05, 4.69) is 84.4 Å². The molecule has 0 saturated carbocycles. The highest BCUT2D eigenvalue weighted by molar-refractivity contribution is 5.82. The number of rotatable bonds is 2. The minimum Gasteiger partial charge on any atom is -0.232 e. The summed E-state index contributed by atoms with van der Waals surface area (Å²) >= 11 is 0. The third-order valence-corrected chi connectivity index (χ3v) is 4.95. The van der Waals surface area contributed by atoms with Gasteiger partial charge >= 0.3 is 0 Å². The highest BCUT2D eigenvalue weighted by Gasteiger charge is 2.28. The summed E-state index contributed by atoms with van der Waals surface area (Å²) in [6, 6.07) is 27.8. The van der Waals surface area contributed by atoms with Crippen LogP contribution in [0.15, 0.2) is 78.9 Å². The lowest BCUT2D eigenvalue weighted by Crippen LogP contribution is -1.99. The number of hydrogen-bond acceptors (Lipinski definition) is 1. The summed E-state index contributed by atoms with van der Waals surface area (Å²) in [5.41, 5.74) is 9.89. The zero-order valence-electron chi connectivity index (χ0n) is 14.1. The fourth-order valence-corrected chi connectivity index (χ4v) is 3.69. The van der Waals surface area contributed by atoms with E-state index in [4.69, 9.17) is 5.10 Å². The van der Waals surface area contributed by atoms with Crippen LogP contribution in [-0.2, 0) is 6.42 Å². The maximum atomic E-state index is 5.02. The molecule has 1 heterocycles. The molecule has 3 aromatic carbocycles. The molecule has 0 unspecified atom stereocenters. The van der Waals surface area contributed by atoms with Crippen molar-refractivity contribution >= 4 is 0 Å². The van der Waals surface area contributed by atoms with E-state index in [1.807, 2.05) is 6.07 Å². The van der Waals surface area contributed by atoms with E-state index in [9.17, 15) is 0 Å². The van der Waals surface area contributed by atoms with Gasteiger partial charge in [0, 0.05) is 23.1 Å². The van der Waals surface area contributed by atoms with Crippen molar-refractivity contribution < 1.29 is 0 Å². The second-order valence-corrected chi connectivity index (χ2v) is 6.62. The van der Waals surface area contributed by atoms with Gasteiger partial charge in [-0.15, -0.1) is 0 Å². The lowest BCUT2D eigenvalue weighted by atomic mass is 10.0. The van der Waals surface area contributed by atoms with Gasteiger partial charge in [0.1, 0.15) is 0 Å². The van der Waals surface area contributed by atoms with Crippen molar-refractivity contribution in [2.75, 3.05) is 0 Å². The molecule has 0 spiro atoms. The Kier molecular flexibility index (Phi) is 3.10. The summed E-state index contributed by atoms with van der Waals surface area (Å²) in [6.45, 7) is 2.12. The maximum Gasteiger partial charge on any atom is 0.0969 e. The van der Waals surface area contributed by atoms with Gasteiger partial charge in [-0.05, 0) is 24.6 Å². The van der Waals surface area contributed by atoms with Crippen molar-refractivity contribution in [1.82, 2.24) is 9.78 Å². The molecule has 0 aliphatic heterocycles. The maximum absolute atomic E-state index is 5.02. The van der Waals surface area contributed by atoms with E-state index in [-0.39, 0.29) is 0 Å². The van der Waals surface area contributed by atoms with Gasteiger partial charge in [-0.25, -0.2) is 4.68 Å². The predicted molar refractivity (Wildman–Crippen MR) is 102 cm³/mol. The van der Waals surface area contributed by atoms with E-state index in [0.29, 0.717) is 0 Å². The Hall–Kier alpha value is -3.13. The number of benzene rings is 3. The van der Waals surface area contributed by atoms with Crippen molar-refractivity contribution in [2.24, 2.45) is 0 Å². The van der Waals surface area contributed by atoms with E-state index in [1.165, 1.54) is 33.5 Å². The van der Waals surface area contributed by atoms with Crippen molar-refractivity contribution in [2.45, 2.75) is 13.3 Å². The second-order valence-electron chi connectivity index (χ2n) is 6.62. The number of hydrogen-bond donors (Lipinski definition) is 0. The fraction of sp³-hybridized carbons (Fsp3) is 0.0870. The van der Waals surface area contributed by atoms with Crippen molar-refractivity contribution in [3.05, 3.63) is 95.6 Å². The Morgan fingerprint density at radius 2 is 1.52 bits per heavy atom. The molecule has 0 fully saturated rings. The first-order valence-corrected chi connectivity index (χ1v) is 8.64. The Balaban J connectivity index is 1.78. The minimum absolute atomic E-state index is 0.946. The average Bonchev–Trinajstić information content (AvgIpc) is 3.21. The molecule has 1 aliphatic carbocycles. The number of aryl methyl sites for hydroxylation is 1. The molecular formula is C23H18N2. The van der Waals surface area contributed by atoms with Gasteiger partial charge in [-0.3, -0.25) is 0 Å². The molecule has 0 bridgehead atoms. The number of fused-ring (bicyclic) bond motifs is 3. The molecule has 120 valence electrons.